The Bertz CT molecular complexity index is 573. The van der Waals surface area contributed by atoms with Crippen molar-refractivity contribution < 1.29 is 9.53 Å². The standard InChI is InChI=1S/C18H20O2/c1-3-4-12-20-18(19)17-13-16(11-10-14(17)2)15-8-6-5-7-9-15/h5-11,13H,3-4,12H2,1-2H3. The molecule has 0 radical (unpaired) electrons. The van der Waals surface area contributed by atoms with Crippen LogP contribution in [0.15, 0.2) is 48.5 Å². The van der Waals surface area contributed by atoms with Gasteiger partial charge in [-0.1, -0.05) is 55.8 Å². The van der Waals surface area contributed by atoms with E-state index in [2.05, 4.69) is 6.92 Å². The predicted octanol–water partition coefficient (Wildman–Crippen LogP) is 4.62. The Morgan fingerprint density at radius 1 is 1.05 bits per heavy atom. The Balaban J connectivity index is 2.23. The SMILES string of the molecule is CCCCOC(=O)c1cc(-c2ccccc2)ccc1C. The summed E-state index contributed by atoms with van der Waals surface area (Å²) in [6.07, 6.45) is 1.93. The van der Waals surface area contributed by atoms with Crippen molar-refractivity contribution in [3.05, 3.63) is 59.7 Å². The third kappa shape index (κ3) is 3.47. The highest BCUT2D eigenvalue weighted by atomic mass is 16.5. The Morgan fingerprint density at radius 2 is 1.80 bits per heavy atom. The molecule has 0 aliphatic heterocycles. The van der Waals surface area contributed by atoms with Gasteiger partial charge >= 0.3 is 5.97 Å². The van der Waals surface area contributed by atoms with Gasteiger partial charge in [0.2, 0.25) is 0 Å². The highest BCUT2D eigenvalue weighted by Crippen LogP contribution is 2.22. The highest BCUT2D eigenvalue weighted by Gasteiger charge is 2.11. The molecule has 0 saturated carbocycles. The van der Waals surface area contributed by atoms with Crippen LogP contribution in [0.3, 0.4) is 0 Å². The van der Waals surface area contributed by atoms with Gasteiger partial charge in [-0.05, 0) is 36.1 Å². The summed E-state index contributed by atoms with van der Waals surface area (Å²) >= 11 is 0. The zero-order chi connectivity index (χ0) is 14.4. The molecular formula is C18H20O2. The zero-order valence-electron chi connectivity index (χ0n) is 12.1. The molecule has 0 N–H and O–H groups in total. The molecule has 0 aliphatic carbocycles. The number of unbranched alkanes of at least 4 members (excludes halogenated alkanes) is 1. The van der Waals surface area contributed by atoms with Crippen LogP contribution in [0, 0.1) is 6.92 Å². The fraction of sp³-hybridized carbons (Fsp3) is 0.278. The van der Waals surface area contributed by atoms with Gasteiger partial charge in [-0.25, -0.2) is 4.79 Å². The van der Waals surface area contributed by atoms with Gasteiger partial charge in [0, 0.05) is 0 Å². The second-order valence-electron chi connectivity index (χ2n) is 4.89. The molecule has 2 rings (SSSR count). The fourth-order valence-corrected chi connectivity index (χ4v) is 2.04. The summed E-state index contributed by atoms with van der Waals surface area (Å²) in [5.41, 5.74) is 3.75. The van der Waals surface area contributed by atoms with Crippen molar-refractivity contribution in [3.63, 3.8) is 0 Å². The summed E-state index contributed by atoms with van der Waals surface area (Å²) in [5, 5.41) is 0. The Hall–Kier alpha value is -2.09. The highest BCUT2D eigenvalue weighted by molar-refractivity contribution is 5.92. The van der Waals surface area contributed by atoms with Crippen molar-refractivity contribution in [2.75, 3.05) is 6.61 Å². The van der Waals surface area contributed by atoms with Gasteiger partial charge in [0.05, 0.1) is 12.2 Å². The molecule has 2 aromatic rings. The number of rotatable bonds is 5. The smallest absolute Gasteiger partial charge is 0.338 e. The number of carbonyl (C=O) groups excluding carboxylic acids is 1. The first-order chi connectivity index (χ1) is 9.72. The molecule has 0 aliphatic rings. The first-order valence-electron chi connectivity index (χ1n) is 7.05. The van der Waals surface area contributed by atoms with Crippen LogP contribution in [0.1, 0.15) is 35.7 Å². The third-order valence-corrected chi connectivity index (χ3v) is 3.30. The Labute approximate surface area is 120 Å². The predicted molar refractivity (Wildman–Crippen MR) is 81.8 cm³/mol. The Morgan fingerprint density at radius 3 is 2.50 bits per heavy atom. The monoisotopic (exact) mass is 268 g/mol. The fourth-order valence-electron chi connectivity index (χ4n) is 2.04. The second kappa shape index (κ2) is 6.90. The van der Waals surface area contributed by atoms with Crippen LogP contribution in [0.25, 0.3) is 11.1 Å². The largest absolute Gasteiger partial charge is 0.462 e. The number of hydrogen-bond acceptors (Lipinski definition) is 2. The van der Waals surface area contributed by atoms with Gasteiger partial charge in [-0.3, -0.25) is 0 Å². The van der Waals surface area contributed by atoms with Crippen LogP contribution < -0.4 is 0 Å². The lowest BCUT2D eigenvalue weighted by Gasteiger charge is -2.09. The van der Waals surface area contributed by atoms with Crippen LogP contribution in [0.5, 0.6) is 0 Å². The molecule has 0 unspecified atom stereocenters. The van der Waals surface area contributed by atoms with Crippen LogP contribution >= 0.6 is 0 Å². The van der Waals surface area contributed by atoms with Crippen molar-refractivity contribution in [3.8, 4) is 11.1 Å². The summed E-state index contributed by atoms with van der Waals surface area (Å²) in [6, 6.07) is 16.0. The quantitative estimate of drug-likeness (QED) is 0.584. The van der Waals surface area contributed by atoms with E-state index in [0.29, 0.717) is 12.2 Å². The van der Waals surface area contributed by atoms with E-state index < -0.39 is 0 Å². The topological polar surface area (TPSA) is 26.3 Å². The van der Waals surface area contributed by atoms with Gasteiger partial charge in [-0.15, -0.1) is 0 Å². The molecule has 20 heavy (non-hydrogen) atoms. The van der Waals surface area contributed by atoms with Crippen molar-refractivity contribution in [1.82, 2.24) is 0 Å². The molecular weight excluding hydrogens is 248 g/mol. The van der Waals surface area contributed by atoms with E-state index in [-0.39, 0.29) is 5.97 Å². The molecule has 104 valence electrons. The van der Waals surface area contributed by atoms with Gasteiger partial charge in [-0.2, -0.15) is 0 Å². The lowest BCUT2D eigenvalue weighted by molar-refractivity contribution is 0.0499. The average Bonchev–Trinajstić information content (AvgIpc) is 2.49. The minimum atomic E-state index is -0.228. The van der Waals surface area contributed by atoms with Crippen molar-refractivity contribution in [1.29, 1.82) is 0 Å². The van der Waals surface area contributed by atoms with Gasteiger partial charge < -0.3 is 4.74 Å². The molecule has 0 spiro atoms. The van der Waals surface area contributed by atoms with Crippen LogP contribution in [-0.4, -0.2) is 12.6 Å². The maximum absolute atomic E-state index is 12.1. The molecule has 0 heterocycles. The first kappa shape index (κ1) is 14.3. The summed E-state index contributed by atoms with van der Waals surface area (Å²) in [5.74, 6) is -0.228. The third-order valence-electron chi connectivity index (χ3n) is 3.30. The van der Waals surface area contributed by atoms with Crippen molar-refractivity contribution >= 4 is 5.97 Å². The van der Waals surface area contributed by atoms with Crippen molar-refractivity contribution in [2.45, 2.75) is 26.7 Å². The zero-order valence-corrected chi connectivity index (χ0v) is 12.1. The number of carbonyl (C=O) groups is 1. The van der Waals surface area contributed by atoms with Gasteiger partial charge in [0.15, 0.2) is 0 Å². The second-order valence-corrected chi connectivity index (χ2v) is 4.89. The van der Waals surface area contributed by atoms with E-state index >= 15 is 0 Å². The normalized spacial score (nSPS) is 10.3. The summed E-state index contributed by atoms with van der Waals surface area (Å²) < 4.78 is 5.30. The molecule has 0 atom stereocenters. The van der Waals surface area contributed by atoms with E-state index in [1.807, 2.05) is 55.5 Å². The minimum absolute atomic E-state index is 0.228. The summed E-state index contributed by atoms with van der Waals surface area (Å²) in [7, 11) is 0. The molecule has 0 bridgehead atoms. The molecule has 2 heteroatoms. The van der Waals surface area contributed by atoms with Gasteiger partial charge in [0.25, 0.3) is 0 Å². The molecule has 0 saturated heterocycles. The lowest BCUT2D eigenvalue weighted by Crippen LogP contribution is -2.08. The number of benzene rings is 2. The summed E-state index contributed by atoms with van der Waals surface area (Å²) in [4.78, 5) is 12.1. The first-order valence-corrected chi connectivity index (χ1v) is 7.05. The summed E-state index contributed by atoms with van der Waals surface area (Å²) in [6.45, 7) is 4.50. The van der Waals surface area contributed by atoms with Crippen LogP contribution in [0.4, 0.5) is 0 Å². The molecule has 2 aromatic carbocycles. The maximum atomic E-state index is 12.1. The van der Waals surface area contributed by atoms with E-state index in [4.69, 9.17) is 4.74 Å². The molecule has 2 nitrogen and oxygen atoms in total. The number of ether oxygens (including phenoxy) is 1. The van der Waals surface area contributed by atoms with Gasteiger partial charge in [0.1, 0.15) is 0 Å². The van der Waals surface area contributed by atoms with Crippen LogP contribution in [0.2, 0.25) is 0 Å². The lowest BCUT2D eigenvalue weighted by atomic mass is 10.00. The molecule has 0 amide bonds. The van der Waals surface area contributed by atoms with E-state index in [0.717, 1.165) is 29.5 Å². The number of esters is 1. The number of hydrogen-bond donors (Lipinski definition) is 0. The van der Waals surface area contributed by atoms with E-state index in [1.165, 1.54) is 0 Å². The molecule has 0 aromatic heterocycles. The Kier molecular flexibility index (Phi) is 4.94. The molecule has 0 fully saturated rings. The minimum Gasteiger partial charge on any atom is -0.462 e. The van der Waals surface area contributed by atoms with E-state index in [1.54, 1.807) is 0 Å². The average molecular weight is 268 g/mol. The van der Waals surface area contributed by atoms with Crippen molar-refractivity contribution in [2.24, 2.45) is 0 Å². The maximum Gasteiger partial charge on any atom is 0.338 e. The van der Waals surface area contributed by atoms with E-state index in [9.17, 15) is 4.79 Å². The van der Waals surface area contributed by atoms with Crippen LogP contribution in [-0.2, 0) is 4.74 Å². The number of aryl methyl sites for hydroxylation is 1.